The molecule has 1 N–H and O–H groups in total. The Balaban J connectivity index is 3.10. The predicted octanol–water partition coefficient (Wildman–Crippen LogP) is 2.37. The first kappa shape index (κ1) is 93.6. The molecular weight excluding hydrogens is 1330 g/mol. The zero-order chi connectivity index (χ0) is 68.3. The van der Waals surface area contributed by atoms with Gasteiger partial charge in [0, 0.05) is 11.9 Å². The Morgan fingerprint density at radius 1 is 0.200 bits per heavy atom. The zero-order valence-corrected chi connectivity index (χ0v) is 59.7. The molecule has 0 aliphatic heterocycles. The van der Waals surface area contributed by atoms with E-state index in [-0.39, 0.29) is 0 Å². The fourth-order valence-electron chi connectivity index (χ4n) is 6.63. The van der Waals surface area contributed by atoms with Gasteiger partial charge in [-0.05, 0) is 20.8 Å². The molecule has 0 aliphatic rings. The topological polar surface area (TPSA) is 297 Å². The van der Waals surface area contributed by atoms with Gasteiger partial charge in [-0.1, -0.05) is 15.9 Å². The Bertz CT molecular complexity index is 1420. The quantitative estimate of drug-likeness (QED) is 0.0675. The van der Waals surface area contributed by atoms with Crippen molar-refractivity contribution in [3.05, 3.63) is 0 Å². The highest BCUT2D eigenvalue weighted by Crippen LogP contribution is 2.06. The summed E-state index contributed by atoms with van der Waals surface area (Å²) in [6, 6.07) is 0. The minimum absolute atomic E-state index is 0.373. The molecule has 0 aliphatic carbocycles. The summed E-state index contributed by atoms with van der Waals surface area (Å²) in [6.07, 6.45) is -0.459. The van der Waals surface area contributed by atoms with E-state index in [9.17, 15) is 4.79 Å². The number of amides is 1. The summed E-state index contributed by atoms with van der Waals surface area (Å²) in [5, 5.41) is 3.46. The maximum absolute atomic E-state index is 11.5. The first-order valence-corrected chi connectivity index (χ1v) is 34.8. The first-order chi connectivity index (χ1) is 47.0. The lowest BCUT2D eigenvalue weighted by Crippen LogP contribution is -2.34. The van der Waals surface area contributed by atoms with Gasteiger partial charge >= 0.3 is 6.09 Å². The number of hydrogen-bond acceptors (Lipinski definition) is 30. The van der Waals surface area contributed by atoms with Crippen LogP contribution in [0.3, 0.4) is 0 Å². The second kappa shape index (κ2) is 85.0. The molecule has 0 radical (unpaired) electrons. The molecule has 0 aromatic rings. The SMILES string of the molecule is CC(C)(C)OC(=O)NCCOCCOCCOCCOCCOCCOCCOCCOCCOCCOCCOCCOCCOCCOCCOCCOCCOCCOCCOCCOCCOCCOCCOCCOCCOCCOCCOCCOCCBr. The van der Waals surface area contributed by atoms with Crippen molar-refractivity contribution in [3.8, 4) is 0 Å². The van der Waals surface area contributed by atoms with Crippen molar-refractivity contribution in [2.45, 2.75) is 26.4 Å². The van der Waals surface area contributed by atoms with Gasteiger partial charge in [0.25, 0.3) is 0 Å². The van der Waals surface area contributed by atoms with Gasteiger partial charge in [0.15, 0.2) is 0 Å². The molecule has 0 bridgehead atoms. The van der Waals surface area contributed by atoms with E-state index >= 15 is 0 Å². The van der Waals surface area contributed by atoms with Gasteiger partial charge in [0.2, 0.25) is 0 Å². The lowest BCUT2D eigenvalue weighted by Gasteiger charge is -2.19. The van der Waals surface area contributed by atoms with Crippen LogP contribution in [0.1, 0.15) is 20.8 Å². The first-order valence-electron chi connectivity index (χ1n) is 33.6. The number of carbonyl (C=O) groups is 1. The molecule has 0 spiro atoms. The number of alkyl carbamates (subject to hydrolysis) is 1. The molecule has 0 fully saturated rings. The van der Waals surface area contributed by atoms with Crippen LogP contribution < -0.4 is 5.32 Å². The van der Waals surface area contributed by atoms with Gasteiger partial charge in [-0.2, -0.15) is 0 Å². The third-order valence-electron chi connectivity index (χ3n) is 11.2. The van der Waals surface area contributed by atoms with Crippen molar-refractivity contribution in [1.29, 1.82) is 0 Å². The standard InChI is InChI=1S/C63H126BrNO30/c1-63(2,3)95-62(66)65-5-7-68-9-11-70-13-15-72-17-19-74-21-23-76-25-27-78-29-31-80-33-35-82-37-39-84-41-43-86-45-47-88-49-51-90-53-55-92-57-59-94-61-60-93-58-56-91-54-52-89-50-48-87-46-44-85-42-40-83-38-36-81-34-32-79-30-28-77-26-24-75-22-20-73-18-16-71-14-12-69-10-8-67-6-4-64/h4-61H2,1-3H3,(H,65,66). The van der Waals surface area contributed by atoms with Crippen molar-refractivity contribution in [2.75, 3.05) is 382 Å². The molecule has 0 saturated heterocycles. The van der Waals surface area contributed by atoms with Gasteiger partial charge in [0.05, 0.1) is 370 Å². The highest BCUT2D eigenvalue weighted by Gasteiger charge is 2.15. The van der Waals surface area contributed by atoms with E-state index in [4.69, 9.17) is 137 Å². The largest absolute Gasteiger partial charge is 0.444 e. The van der Waals surface area contributed by atoms with Crippen LogP contribution in [0.25, 0.3) is 0 Å². The van der Waals surface area contributed by atoms with Crippen molar-refractivity contribution >= 4 is 22.0 Å². The van der Waals surface area contributed by atoms with Crippen molar-refractivity contribution in [2.24, 2.45) is 0 Å². The number of halogens is 1. The number of carbonyl (C=O) groups excluding carboxylic acids is 1. The molecule has 0 saturated carbocycles. The molecule has 0 atom stereocenters. The van der Waals surface area contributed by atoms with Crippen molar-refractivity contribution in [1.82, 2.24) is 5.32 Å². The molecule has 32 heteroatoms. The Morgan fingerprint density at radius 2 is 0.305 bits per heavy atom. The van der Waals surface area contributed by atoms with Gasteiger partial charge < -0.3 is 143 Å². The second-order valence-electron chi connectivity index (χ2n) is 20.3. The third-order valence-corrected chi connectivity index (χ3v) is 11.5. The highest BCUT2D eigenvalue weighted by molar-refractivity contribution is 9.09. The Kier molecular flexibility index (Phi) is 83.8. The zero-order valence-electron chi connectivity index (χ0n) is 58.1. The number of alkyl halides is 1. The summed E-state index contributed by atoms with van der Waals surface area (Å²) in [6.45, 7) is 33.2. The highest BCUT2D eigenvalue weighted by atomic mass is 79.9. The summed E-state index contributed by atoms with van der Waals surface area (Å²) in [4.78, 5) is 11.5. The third kappa shape index (κ3) is 90.6. The van der Waals surface area contributed by atoms with Crippen LogP contribution in [-0.2, 0) is 137 Å². The molecule has 0 aromatic heterocycles. The summed E-state index contributed by atoms with van der Waals surface area (Å²) < 4.78 is 159. The Labute approximate surface area is 575 Å². The average Bonchev–Trinajstić information content (AvgIpc) is 3.76. The van der Waals surface area contributed by atoms with Crippen LogP contribution in [0.4, 0.5) is 4.79 Å². The fourth-order valence-corrected chi connectivity index (χ4v) is 6.86. The van der Waals surface area contributed by atoms with Crippen LogP contribution in [0, 0.1) is 0 Å². The maximum Gasteiger partial charge on any atom is 0.407 e. The molecule has 95 heavy (non-hydrogen) atoms. The van der Waals surface area contributed by atoms with E-state index in [0.29, 0.717) is 377 Å². The van der Waals surface area contributed by atoms with Crippen molar-refractivity contribution < 1.29 is 142 Å². The van der Waals surface area contributed by atoms with E-state index in [0.717, 1.165) is 5.33 Å². The van der Waals surface area contributed by atoms with E-state index in [1.165, 1.54) is 0 Å². The predicted molar refractivity (Wildman–Crippen MR) is 351 cm³/mol. The molecule has 0 rings (SSSR count). The normalized spacial score (nSPS) is 11.9. The number of ether oxygens (including phenoxy) is 29. The summed E-state index contributed by atoms with van der Waals surface area (Å²) in [5.74, 6) is 0. The van der Waals surface area contributed by atoms with Crippen molar-refractivity contribution in [3.63, 3.8) is 0 Å². The van der Waals surface area contributed by atoms with E-state index in [1.807, 2.05) is 20.8 Å². The Hall–Kier alpha value is -1.37. The van der Waals surface area contributed by atoms with Crippen LogP contribution in [0.5, 0.6) is 0 Å². The monoisotopic (exact) mass is 1460 g/mol. The van der Waals surface area contributed by atoms with Gasteiger partial charge in [-0.15, -0.1) is 0 Å². The molecule has 570 valence electrons. The Morgan fingerprint density at radius 3 is 0.411 bits per heavy atom. The number of rotatable bonds is 86. The lowest BCUT2D eigenvalue weighted by atomic mass is 10.2. The van der Waals surface area contributed by atoms with Crippen LogP contribution in [-0.4, -0.2) is 394 Å². The molecule has 31 nitrogen and oxygen atoms in total. The lowest BCUT2D eigenvalue weighted by molar-refractivity contribution is -0.0323. The minimum Gasteiger partial charge on any atom is -0.444 e. The molecular formula is C63H126BrNO30. The van der Waals surface area contributed by atoms with Gasteiger partial charge in [-0.3, -0.25) is 0 Å². The maximum atomic E-state index is 11.5. The average molecular weight is 1460 g/mol. The van der Waals surface area contributed by atoms with E-state index in [1.54, 1.807) is 0 Å². The van der Waals surface area contributed by atoms with E-state index in [2.05, 4.69) is 21.2 Å². The van der Waals surface area contributed by atoms with Crippen LogP contribution >= 0.6 is 15.9 Å². The molecule has 1 amide bonds. The smallest absolute Gasteiger partial charge is 0.407 e. The molecule has 0 aromatic carbocycles. The summed E-state index contributed by atoms with van der Waals surface area (Å²) >= 11 is 3.31. The van der Waals surface area contributed by atoms with Crippen LogP contribution in [0.15, 0.2) is 0 Å². The van der Waals surface area contributed by atoms with Gasteiger partial charge in [-0.25, -0.2) is 4.79 Å². The number of nitrogens with one attached hydrogen (secondary N) is 1. The van der Waals surface area contributed by atoms with E-state index < -0.39 is 11.7 Å². The summed E-state index contributed by atoms with van der Waals surface area (Å²) in [5.41, 5.74) is -0.523. The second-order valence-corrected chi connectivity index (χ2v) is 21.1. The van der Waals surface area contributed by atoms with Crippen LogP contribution in [0.2, 0.25) is 0 Å². The molecule has 0 unspecified atom stereocenters. The van der Waals surface area contributed by atoms with Gasteiger partial charge in [0.1, 0.15) is 5.60 Å². The minimum atomic E-state index is -0.523. The fraction of sp³-hybridized carbons (Fsp3) is 0.984. The summed E-state index contributed by atoms with van der Waals surface area (Å²) in [7, 11) is 0. The molecule has 0 heterocycles. The number of hydrogen-bond donors (Lipinski definition) is 1.